The van der Waals surface area contributed by atoms with Crippen LogP contribution < -0.4 is 0 Å². The molecule has 0 aliphatic rings. The Morgan fingerprint density at radius 3 is 2.85 bits per heavy atom. The van der Waals surface area contributed by atoms with Crippen molar-refractivity contribution in [2.45, 2.75) is 13.8 Å². The highest BCUT2D eigenvalue weighted by Crippen LogP contribution is 2.28. The monoisotopic (exact) mass is 181 g/mol. The summed E-state index contributed by atoms with van der Waals surface area (Å²) in [5.74, 6) is -0.257. The topological polar surface area (TPSA) is 46.3 Å². The van der Waals surface area contributed by atoms with E-state index in [1.807, 2.05) is 0 Å². The van der Waals surface area contributed by atoms with Gasteiger partial charge in [0.2, 0.25) is 0 Å². The van der Waals surface area contributed by atoms with Crippen LogP contribution in [0, 0.1) is 19.7 Å². The molecule has 2 rings (SSSR count). The molecule has 1 N–H and O–H groups in total. The van der Waals surface area contributed by atoms with Crippen LogP contribution in [0.15, 0.2) is 10.5 Å². The molecular weight excluding hydrogens is 173 g/mol. The molecule has 3 nitrogen and oxygen atoms in total. The van der Waals surface area contributed by atoms with Crippen LogP contribution >= 0.6 is 0 Å². The highest BCUT2D eigenvalue weighted by molar-refractivity contribution is 5.76. The summed E-state index contributed by atoms with van der Waals surface area (Å²) in [5, 5.41) is 9.29. The second-order valence-corrected chi connectivity index (χ2v) is 2.92. The van der Waals surface area contributed by atoms with Crippen LogP contribution in [0.1, 0.15) is 11.5 Å². The number of benzene rings is 1. The van der Waals surface area contributed by atoms with E-state index in [-0.39, 0.29) is 16.9 Å². The van der Waals surface area contributed by atoms with Gasteiger partial charge in [-0.2, -0.15) is 0 Å². The minimum Gasteiger partial charge on any atom is -0.507 e. The van der Waals surface area contributed by atoms with Gasteiger partial charge in [0.15, 0.2) is 17.3 Å². The SMILES string of the molecule is Cc1nc2cc(O)c(C)c(F)c2o1. The van der Waals surface area contributed by atoms with Gasteiger partial charge in [-0.25, -0.2) is 9.37 Å². The van der Waals surface area contributed by atoms with Crippen LogP contribution in [-0.2, 0) is 0 Å². The lowest BCUT2D eigenvalue weighted by Gasteiger charge is -1.98. The minimum absolute atomic E-state index is 0.0988. The summed E-state index contributed by atoms with van der Waals surface area (Å²) in [6, 6.07) is 1.39. The molecule has 0 atom stereocenters. The van der Waals surface area contributed by atoms with Crippen LogP contribution in [-0.4, -0.2) is 10.1 Å². The van der Waals surface area contributed by atoms with Crippen LogP contribution in [0.25, 0.3) is 11.1 Å². The highest BCUT2D eigenvalue weighted by Gasteiger charge is 2.13. The lowest BCUT2D eigenvalue weighted by atomic mass is 10.2. The predicted octanol–water partition coefficient (Wildman–Crippen LogP) is 2.29. The zero-order valence-electron chi connectivity index (χ0n) is 7.26. The van der Waals surface area contributed by atoms with Crippen molar-refractivity contribution in [3.05, 3.63) is 23.3 Å². The first-order valence-corrected chi connectivity index (χ1v) is 3.85. The molecule has 0 spiro atoms. The summed E-state index contributed by atoms with van der Waals surface area (Å²) in [4.78, 5) is 3.91. The number of nitrogens with zero attached hydrogens (tertiary/aromatic N) is 1. The van der Waals surface area contributed by atoms with E-state index in [1.165, 1.54) is 13.0 Å². The quantitative estimate of drug-likeness (QED) is 0.678. The zero-order chi connectivity index (χ0) is 9.59. The number of halogens is 1. The first kappa shape index (κ1) is 8.04. The maximum atomic E-state index is 13.4. The Hall–Kier alpha value is -1.58. The molecule has 0 saturated heterocycles. The molecule has 0 fully saturated rings. The molecule has 0 aliphatic carbocycles. The van der Waals surface area contributed by atoms with Gasteiger partial charge in [0.1, 0.15) is 11.3 Å². The van der Waals surface area contributed by atoms with E-state index in [1.54, 1.807) is 6.92 Å². The van der Waals surface area contributed by atoms with Crippen molar-refractivity contribution in [1.82, 2.24) is 4.98 Å². The van der Waals surface area contributed by atoms with E-state index < -0.39 is 5.82 Å². The van der Waals surface area contributed by atoms with E-state index in [0.29, 0.717) is 11.4 Å². The molecule has 1 aromatic heterocycles. The predicted molar refractivity (Wildman–Crippen MR) is 45.1 cm³/mol. The lowest BCUT2D eigenvalue weighted by molar-refractivity contribution is 0.461. The largest absolute Gasteiger partial charge is 0.507 e. The molecule has 0 radical (unpaired) electrons. The summed E-state index contributed by atoms with van der Waals surface area (Å²) >= 11 is 0. The molecule has 68 valence electrons. The van der Waals surface area contributed by atoms with Gasteiger partial charge in [0.05, 0.1) is 0 Å². The van der Waals surface area contributed by atoms with Gasteiger partial charge in [0, 0.05) is 18.6 Å². The van der Waals surface area contributed by atoms with E-state index in [4.69, 9.17) is 4.42 Å². The van der Waals surface area contributed by atoms with E-state index in [2.05, 4.69) is 4.98 Å². The number of aromatic nitrogens is 1. The molecule has 4 heteroatoms. The van der Waals surface area contributed by atoms with E-state index in [9.17, 15) is 9.50 Å². The van der Waals surface area contributed by atoms with Gasteiger partial charge < -0.3 is 9.52 Å². The smallest absolute Gasteiger partial charge is 0.192 e. The van der Waals surface area contributed by atoms with Crippen LogP contribution in [0.5, 0.6) is 5.75 Å². The first-order chi connectivity index (χ1) is 6.09. The zero-order valence-corrected chi connectivity index (χ0v) is 7.26. The summed E-state index contributed by atoms with van der Waals surface area (Å²) in [6.07, 6.45) is 0. The summed E-state index contributed by atoms with van der Waals surface area (Å²) < 4.78 is 18.4. The molecule has 0 saturated carbocycles. The number of aromatic hydroxyl groups is 1. The highest BCUT2D eigenvalue weighted by atomic mass is 19.1. The Morgan fingerprint density at radius 2 is 2.15 bits per heavy atom. The van der Waals surface area contributed by atoms with Crippen molar-refractivity contribution in [2.24, 2.45) is 0 Å². The Kier molecular flexibility index (Phi) is 1.52. The number of fused-ring (bicyclic) bond motifs is 1. The average molecular weight is 181 g/mol. The fraction of sp³-hybridized carbons (Fsp3) is 0.222. The normalized spacial score (nSPS) is 11.0. The van der Waals surface area contributed by atoms with Crippen molar-refractivity contribution in [2.75, 3.05) is 0 Å². The van der Waals surface area contributed by atoms with Gasteiger partial charge in [-0.3, -0.25) is 0 Å². The van der Waals surface area contributed by atoms with Gasteiger partial charge in [-0.05, 0) is 6.92 Å². The summed E-state index contributed by atoms with van der Waals surface area (Å²) in [5.41, 5.74) is 0.634. The van der Waals surface area contributed by atoms with Crippen LogP contribution in [0.4, 0.5) is 4.39 Å². The minimum atomic E-state index is -0.546. The lowest BCUT2D eigenvalue weighted by Crippen LogP contribution is -1.83. The van der Waals surface area contributed by atoms with Crippen molar-refractivity contribution < 1.29 is 13.9 Å². The maximum absolute atomic E-state index is 13.4. The number of hydrogen-bond acceptors (Lipinski definition) is 3. The molecule has 1 aromatic carbocycles. The number of phenolic OH excluding ortho intramolecular Hbond substituents is 1. The van der Waals surface area contributed by atoms with Gasteiger partial charge in [-0.1, -0.05) is 0 Å². The molecule has 0 aliphatic heterocycles. The third kappa shape index (κ3) is 1.06. The number of phenols is 1. The van der Waals surface area contributed by atoms with E-state index in [0.717, 1.165) is 0 Å². The molecule has 1 heterocycles. The van der Waals surface area contributed by atoms with E-state index >= 15 is 0 Å². The van der Waals surface area contributed by atoms with Crippen LogP contribution in [0.3, 0.4) is 0 Å². The van der Waals surface area contributed by atoms with Crippen molar-refractivity contribution >= 4 is 11.1 Å². The molecule has 0 bridgehead atoms. The van der Waals surface area contributed by atoms with Gasteiger partial charge >= 0.3 is 0 Å². The Balaban J connectivity index is 2.92. The maximum Gasteiger partial charge on any atom is 0.192 e. The Labute approximate surface area is 73.8 Å². The number of rotatable bonds is 0. The van der Waals surface area contributed by atoms with Crippen molar-refractivity contribution in [3.63, 3.8) is 0 Å². The van der Waals surface area contributed by atoms with Crippen molar-refractivity contribution in [3.8, 4) is 5.75 Å². The fourth-order valence-corrected chi connectivity index (χ4v) is 1.22. The standard InChI is InChI=1S/C9H8FNO2/c1-4-7(12)3-6-9(8(4)10)13-5(2)11-6/h3,12H,1-2H3. The molecule has 13 heavy (non-hydrogen) atoms. The molecule has 0 unspecified atom stereocenters. The first-order valence-electron chi connectivity index (χ1n) is 3.85. The summed E-state index contributed by atoms with van der Waals surface area (Å²) in [7, 11) is 0. The Morgan fingerprint density at radius 1 is 1.46 bits per heavy atom. The number of oxazole rings is 1. The number of aryl methyl sites for hydroxylation is 1. The average Bonchev–Trinajstić information content (AvgIpc) is 2.42. The Bertz CT molecular complexity index is 476. The van der Waals surface area contributed by atoms with Gasteiger partial charge in [-0.15, -0.1) is 0 Å². The second kappa shape index (κ2) is 2.45. The second-order valence-electron chi connectivity index (χ2n) is 2.92. The van der Waals surface area contributed by atoms with Gasteiger partial charge in [0.25, 0.3) is 0 Å². The third-order valence-corrected chi connectivity index (χ3v) is 1.95. The molecule has 2 aromatic rings. The third-order valence-electron chi connectivity index (χ3n) is 1.95. The molecular formula is C9H8FNO2. The van der Waals surface area contributed by atoms with Crippen molar-refractivity contribution in [1.29, 1.82) is 0 Å². The summed E-state index contributed by atoms with van der Waals surface area (Å²) in [6.45, 7) is 3.12. The van der Waals surface area contributed by atoms with Crippen LogP contribution in [0.2, 0.25) is 0 Å². The fourth-order valence-electron chi connectivity index (χ4n) is 1.22. The molecule has 0 amide bonds. The number of hydrogen-bond donors (Lipinski definition) is 1.